The van der Waals surface area contributed by atoms with E-state index in [9.17, 15) is 0 Å². The van der Waals surface area contributed by atoms with Crippen molar-refractivity contribution in [2.24, 2.45) is 0 Å². The maximum absolute atomic E-state index is 6.13. The van der Waals surface area contributed by atoms with Crippen LogP contribution in [0.1, 0.15) is 5.69 Å². The number of fused-ring (bicyclic) bond motifs is 1. The van der Waals surface area contributed by atoms with Crippen LogP contribution in [0, 0.1) is 0 Å². The highest BCUT2D eigenvalue weighted by Gasteiger charge is 2.09. The molecular weight excluding hydrogens is 352 g/mol. The fraction of sp³-hybridized carbons (Fsp3) is 0.0714. The third-order valence-corrected chi connectivity index (χ3v) is 3.96. The van der Waals surface area contributed by atoms with Crippen LogP contribution in [0.5, 0.6) is 0 Å². The predicted molar refractivity (Wildman–Crippen MR) is 89.0 cm³/mol. The normalized spacial score (nSPS) is 11.0. The van der Waals surface area contributed by atoms with Gasteiger partial charge in [-0.2, -0.15) is 0 Å². The molecule has 0 atom stereocenters. The van der Waals surface area contributed by atoms with Gasteiger partial charge in [-0.1, -0.05) is 46.4 Å². The molecule has 1 aromatic carbocycles. The third-order valence-electron chi connectivity index (χ3n) is 2.92. The van der Waals surface area contributed by atoms with E-state index in [-0.39, 0.29) is 0 Å². The van der Waals surface area contributed by atoms with Crippen molar-refractivity contribution in [3.05, 3.63) is 62.4 Å². The number of aromatic nitrogens is 2. The molecule has 7 heteroatoms. The number of halogens is 4. The van der Waals surface area contributed by atoms with Gasteiger partial charge in [0.25, 0.3) is 0 Å². The van der Waals surface area contributed by atoms with Crippen molar-refractivity contribution in [1.82, 2.24) is 9.38 Å². The Kier molecular flexibility index (Phi) is 4.18. The summed E-state index contributed by atoms with van der Waals surface area (Å²) in [5, 5.41) is 5.27. The number of hydrogen-bond acceptors (Lipinski definition) is 2. The first-order valence-electron chi connectivity index (χ1n) is 6.04. The van der Waals surface area contributed by atoms with E-state index in [0.717, 1.165) is 11.3 Å². The van der Waals surface area contributed by atoms with Crippen molar-refractivity contribution in [3.8, 4) is 0 Å². The van der Waals surface area contributed by atoms with Crippen LogP contribution in [0.2, 0.25) is 20.1 Å². The average molecular weight is 361 g/mol. The molecule has 1 N–H and O–H groups in total. The van der Waals surface area contributed by atoms with Crippen LogP contribution in [0.25, 0.3) is 5.65 Å². The lowest BCUT2D eigenvalue weighted by Gasteiger charge is -2.09. The first-order valence-corrected chi connectivity index (χ1v) is 7.55. The zero-order valence-corrected chi connectivity index (χ0v) is 13.6. The van der Waals surface area contributed by atoms with Crippen molar-refractivity contribution in [3.63, 3.8) is 0 Å². The lowest BCUT2D eigenvalue weighted by Crippen LogP contribution is -2.01. The van der Waals surface area contributed by atoms with Gasteiger partial charge in [0.15, 0.2) is 0 Å². The maximum Gasteiger partial charge on any atom is 0.137 e. The van der Waals surface area contributed by atoms with Gasteiger partial charge in [-0.3, -0.25) is 0 Å². The molecule has 0 aliphatic heterocycles. The molecule has 0 radical (unpaired) electrons. The molecule has 0 aliphatic rings. The van der Waals surface area contributed by atoms with Gasteiger partial charge in [-0.05, 0) is 24.3 Å². The maximum atomic E-state index is 6.13. The molecule has 3 rings (SSSR count). The second-order valence-electron chi connectivity index (χ2n) is 4.44. The quantitative estimate of drug-likeness (QED) is 0.662. The molecule has 2 aromatic heterocycles. The van der Waals surface area contributed by atoms with Gasteiger partial charge >= 0.3 is 0 Å². The number of anilines is 1. The monoisotopic (exact) mass is 359 g/mol. The van der Waals surface area contributed by atoms with E-state index in [1.165, 1.54) is 0 Å². The van der Waals surface area contributed by atoms with Gasteiger partial charge in [0.2, 0.25) is 0 Å². The largest absolute Gasteiger partial charge is 0.377 e. The lowest BCUT2D eigenvalue weighted by atomic mass is 10.3. The summed E-state index contributed by atoms with van der Waals surface area (Å²) in [6.07, 6.45) is 3.70. The number of pyridine rings is 1. The summed E-state index contributed by atoms with van der Waals surface area (Å²) >= 11 is 24.1. The van der Waals surface area contributed by atoms with E-state index in [0.29, 0.717) is 32.3 Å². The van der Waals surface area contributed by atoms with Crippen LogP contribution in [-0.2, 0) is 6.54 Å². The molecule has 0 aliphatic carbocycles. The van der Waals surface area contributed by atoms with Crippen molar-refractivity contribution in [1.29, 1.82) is 0 Å². The Bertz CT molecular complexity index is 790. The Hall–Kier alpha value is -1.13. The Morgan fingerprint density at radius 2 is 1.67 bits per heavy atom. The highest BCUT2D eigenvalue weighted by atomic mass is 35.5. The molecule has 0 saturated carbocycles. The van der Waals surface area contributed by atoms with E-state index >= 15 is 0 Å². The molecule has 3 nitrogen and oxygen atoms in total. The summed E-state index contributed by atoms with van der Waals surface area (Å²) in [6, 6.07) is 6.93. The fourth-order valence-electron chi connectivity index (χ4n) is 1.99. The standard InChI is InChI=1S/C14H9Cl4N3/c15-8-1-2-13-20-10(7-21(13)6-8)5-19-14-11(17)3-9(16)4-12(14)18/h1-4,6-7,19H,5H2. The highest BCUT2D eigenvalue weighted by molar-refractivity contribution is 6.41. The summed E-state index contributed by atoms with van der Waals surface area (Å²) in [6.45, 7) is 0.486. The molecule has 0 unspecified atom stereocenters. The van der Waals surface area contributed by atoms with E-state index in [2.05, 4.69) is 10.3 Å². The zero-order chi connectivity index (χ0) is 15.0. The molecule has 108 valence electrons. The molecule has 0 amide bonds. The lowest BCUT2D eigenvalue weighted by molar-refractivity contribution is 1.08. The summed E-state index contributed by atoms with van der Waals surface area (Å²) in [5.41, 5.74) is 2.31. The van der Waals surface area contributed by atoms with E-state index in [1.54, 1.807) is 24.4 Å². The summed E-state index contributed by atoms with van der Waals surface area (Å²) < 4.78 is 1.87. The minimum Gasteiger partial charge on any atom is -0.377 e. The van der Waals surface area contributed by atoms with Crippen molar-refractivity contribution >= 4 is 57.7 Å². The molecule has 3 aromatic rings. The van der Waals surface area contributed by atoms with Gasteiger partial charge in [-0.25, -0.2) is 4.98 Å². The van der Waals surface area contributed by atoms with Crippen LogP contribution >= 0.6 is 46.4 Å². The van der Waals surface area contributed by atoms with E-state index in [1.807, 2.05) is 16.7 Å². The number of imidazole rings is 1. The first-order chi connectivity index (χ1) is 10.0. The van der Waals surface area contributed by atoms with Gasteiger partial charge in [-0.15, -0.1) is 0 Å². The minimum atomic E-state index is 0.472. The van der Waals surface area contributed by atoms with Gasteiger partial charge in [0.05, 0.1) is 33.0 Å². The zero-order valence-electron chi connectivity index (χ0n) is 10.6. The fourth-order valence-corrected chi connectivity index (χ4v) is 3.11. The molecule has 0 spiro atoms. The highest BCUT2D eigenvalue weighted by Crippen LogP contribution is 2.33. The van der Waals surface area contributed by atoms with Gasteiger partial charge in [0.1, 0.15) is 5.65 Å². The van der Waals surface area contributed by atoms with Gasteiger partial charge < -0.3 is 9.72 Å². The van der Waals surface area contributed by atoms with Crippen LogP contribution in [0.15, 0.2) is 36.7 Å². The Balaban J connectivity index is 1.83. The van der Waals surface area contributed by atoms with Crippen LogP contribution in [0.4, 0.5) is 5.69 Å². The van der Waals surface area contributed by atoms with Gasteiger partial charge in [0, 0.05) is 17.4 Å². The second-order valence-corrected chi connectivity index (χ2v) is 6.13. The minimum absolute atomic E-state index is 0.472. The topological polar surface area (TPSA) is 29.3 Å². The Labute approximate surface area is 141 Å². The number of benzene rings is 1. The van der Waals surface area contributed by atoms with Crippen LogP contribution in [-0.4, -0.2) is 9.38 Å². The third kappa shape index (κ3) is 3.22. The van der Waals surface area contributed by atoms with Crippen LogP contribution < -0.4 is 5.32 Å². The van der Waals surface area contributed by atoms with E-state index < -0.39 is 0 Å². The molecular formula is C14H9Cl4N3. The SMILES string of the molecule is Clc1cc(Cl)c(NCc2cn3cc(Cl)ccc3n2)c(Cl)c1. The average Bonchev–Trinajstić information content (AvgIpc) is 2.79. The smallest absolute Gasteiger partial charge is 0.137 e. The summed E-state index contributed by atoms with van der Waals surface area (Å²) in [4.78, 5) is 4.48. The predicted octanol–water partition coefficient (Wildman–Crippen LogP) is 5.56. The van der Waals surface area contributed by atoms with Crippen molar-refractivity contribution in [2.75, 3.05) is 5.32 Å². The number of rotatable bonds is 3. The Morgan fingerprint density at radius 1 is 0.952 bits per heavy atom. The Morgan fingerprint density at radius 3 is 2.38 bits per heavy atom. The van der Waals surface area contributed by atoms with Crippen LogP contribution in [0.3, 0.4) is 0 Å². The number of nitrogens with one attached hydrogen (secondary N) is 1. The molecule has 0 fully saturated rings. The molecule has 21 heavy (non-hydrogen) atoms. The first kappa shape index (κ1) is 14.8. The van der Waals surface area contributed by atoms with E-state index in [4.69, 9.17) is 46.4 Å². The molecule has 2 heterocycles. The molecule has 0 bridgehead atoms. The number of nitrogens with zero attached hydrogens (tertiary/aromatic N) is 2. The van der Waals surface area contributed by atoms with Crippen molar-refractivity contribution < 1.29 is 0 Å². The summed E-state index contributed by atoms with van der Waals surface area (Å²) in [7, 11) is 0. The van der Waals surface area contributed by atoms with Crippen molar-refractivity contribution in [2.45, 2.75) is 6.54 Å². The molecule has 0 saturated heterocycles. The number of hydrogen-bond donors (Lipinski definition) is 1. The second kappa shape index (κ2) is 5.93. The summed E-state index contributed by atoms with van der Waals surface area (Å²) in [5.74, 6) is 0.